The van der Waals surface area contributed by atoms with Crippen molar-refractivity contribution in [1.29, 1.82) is 0 Å². The first-order valence-corrected chi connectivity index (χ1v) is 4.66. The van der Waals surface area contributed by atoms with Crippen LogP contribution in [0.4, 0.5) is 0 Å². The molecule has 0 unspecified atom stereocenters. The van der Waals surface area contributed by atoms with Gasteiger partial charge in [-0.1, -0.05) is 47.6 Å². The normalized spacial score (nSPS) is 12.7. The molecule has 0 aliphatic heterocycles. The molecule has 0 bridgehead atoms. The molecular formula is C11H21NO. The van der Waals surface area contributed by atoms with Crippen LogP contribution in [0.5, 0.6) is 0 Å². The minimum atomic E-state index is -0.397. The maximum atomic E-state index is 11.0. The number of amides is 1. The van der Waals surface area contributed by atoms with E-state index in [-0.39, 0.29) is 10.8 Å². The zero-order valence-corrected chi connectivity index (χ0v) is 9.40. The Kier molecular flexibility index (Phi) is 3.31. The summed E-state index contributed by atoms with van der Waals surface area (Å²) in [7, 11) is 0. The van der Waals surface area contributed by atoms with Crippen LogP contribution >= 0.6 is 0 Å². The van der Waals surface area contributed by atoms with Crippen LogP contribution in [0.25, 0.3) is 0 Å². The van der Waals surface area contributed by atoms with Crippen LogP contribution < -0.4 is 5.73 Å². The fourth-order valence-electron chi connectivity index (χ4n) is 1.16. The summed E-state index contributed by atoms with van der Waals surface area (Å²) in [6.45, 7) is 14.2. The Morgan fingerprint density at radius 1 is 1.31 bits per heavy atom. The third kappa shape index (κ3) is 2.11. The molecule has 0 rings (SSSR count). The molecule has 2 nitrogen and oxygen atoms in total. The minimum Gasteiger partial charge on any atom is -0.366 e. The highest BCUT2D eigenvalue weighted by Crippen LogP contribution is 2.45. The van der Waals surface area contributed by atoms with E-state index < -0.39 is 5.91 Å². The van der Waals surface area contributed by atoms with Crippen molar-refractivity contribution in [2.75, 3.05) is 0 Å². The number of carbonyl (C=O) groups excluding carboxylic acids is 1. The van der Waals surface area contributed by atoms with E-state index in [0.29, 0.717) is 5.57 Å². The Morgan fingerprint density at radius 3 is 1.92 bits per heavy atom. The Hall–Kier alpha value is -0.790. The van der Waals surface area contributed by atoms with E-state index in [0.717, 1.165) is 6.42 Å². The summed E-state index contributed by atoms with van der Waals surface area (Å²) >= 11 is 0. The van der Waals surface area contributed by atoms with E-state index >= 15 is 0 Å². The van der Waals surface area contributed by atoms with E-state index in [1.807, 2.05) is 13.8 Å². The fraction of sp³-hybridized carbons (Fsp3) is 0.727. The molecule has 0 aromatic rings. The molecule has 2 N–H and O–H groups in total. The molecule has 0 atom stereocenters. The molecular weight excluding hydrogens is 162 g/mol. The summed E-state index contributed by atoms with van der Waals surface area (Å²) < 4.78 is 0. The van der Waals surface area contributed by atoms with Gasteiger partial charge in [0.05, 0.1) is 0 Å². The lowest BCUT2D eigenvalue weighted by atomic mass is 9.63. The molecule has 0 heterocycles. The van der Waals surface area contributed by atoms with E-state index in [4.69, 9.17) is 5.73 Å². The van der Waals surface area contributed by atoms with Crippen LogP contribution in [-0.2, 0) is 4.79 Å². The summed E-state index contributed by atoms with van der Waals surface area (Å²) in [5, 5.41) is 0. The second kappa shape index (κ2) is 3.52. The lowest BCUT2D eigenvalue weighted by Crippen LogP contribution is -2.38. The van der Waals surface area contributed by atoms with Crippen molar-refractivity contribution >= 4 is 5.91 Å². The summed E-state index contributed by atoms with van der Waals surface area (Å²) in [5.41, 5.74) is 5.55. The number of primary amides is 1. The Balaban J connectivity index is 4.96. The van der Waals surface area contributed by atoms with Crippen LogP contribution in [0.15, 0.2) is 12.2 Å². The maximum absolute atomic E-state index is 11.0. The summed E-state index contributed by atoms with van der Waals surface area (Å²) in [6, 6.07) is 0. The molecule has 0 spiro atoms. The fourth-order valence-corrected chi connectivity index (χ4v) is 1.16. The molecule has 0 aromatic heterocycles. The van der Waals surface area contributed by atoms with Crippen molar-refractivity contribution in [1.82, 2.24) is 0 Å². The van der Waals surface area contributed by atoms with Gasteiger partial charge in [0.15, 0.2) is 0 Å². The van der Waals surface area contributed by atoms with Crippen molar-refractivity contribution in [2.45, 2.75) is 41.0 Å². The third-order valence-corrected chi connectivity index (χ3v) is 3.63. The summed E-state index contributed by atoms with van der Waals surface area (Å²) in [4.78, 5) is 11.0. The average Bonchev–Trinajstić information content (AvgIpc) is 2.02. The van der Waals surface area contributed by atoms with Gasteiger partial charge < -0.3 is 5.73 Å². The van der Waals surface area contributed by atoms with Gasteiger partial charge in [-0.15, -0.1) is 0 Å². The van der Waals surface area contributed by atoms with Crippen LogP contribution in [0.3, 0.4) is 0 Å². The SMILES string of the molecule is C=C(C(N)=O)C(C)(C)C(C)(C)CC. The second-order valence-corrected chi connectivity index (χ2v) is 4.71. The van der Waals surface area contributed by atoms with Gasteiger partial charge in [0.1, 0.15) is 0 Å². The maximum Gasteiger partial charge on any atom is 0.244 e. The van der Waals surface area contributed by atoms with Gasteiger partial charge >= 0.3 is 0 Å². The first-order valence-electron chi connectivity index (χ1n) is 4.66. The first-order chi connectivity index (χ1) is 5.66. The largest absolute Gasteiger partial charge is 0.366 e. The molecule has 1 amide bonds. The van der Waals surface area contributed by atoms with Crippen molar-refractivity contribution in [3.05, 3.63) is 12.2 Å². The molecule has 76 valence electrons. The predicted molar refractivity (Wildman–Crippen MR) is 56.2 cm³/mol. The first kappa shape index (κ1) is 12.2. The van der Waals surface area contributed by atoms with Gasteiger partial charge in [-0.05, 0) is 10.8 Å². The number of rotatable bonds is 4. The van der Waals surface area contributed by atoms with E-state index in [1.165, 1.54) is 0 Å². The smallest absolute Gasteiger partial charge is 0.244 e. The highest BCUT2D eigenvalue weighted by molar-refractivity contribution is 5.92. The van der Waals surface area contributed by atoms with Crippen LogP contribution in [0.1, 0.15) is 41.0 Å². The number of hydrogen-bond acceptors (Lipinski definition) is 1. The quantitative estimate of drug-likeness (QED) is 0.668. The van der Waals surface area contributed by atoms with Gasteiger partial charge in [-0.25, -0.2) is 0 Å². The third-order valence-electron chi connectivity index (χ3n) is 3.63. The van der Waals surface area contributed by atoms with Crippen molar-refractivity contribution in [3.8, 4) is 0 Å². The Labute approximate surface area is 81.2 Å². The number of nitrogens with two attached hydrogens (primary N) is 1. The molecule has 0 fully saturated rings. The summed E-state index contributed by atoms with van der Waals surface area (Å²) in [6.07, 6.45) is 0.992. The van der Waals surface area contributed by atoms with Gasteiger partial charge in [-0.2, -0.15) is 0 Å². The molecule has 13 heavy (non-hydrogen) atoms. The van der Waals surface area contributed by atoms with Gasteiger partial charge in [0.25, 0.3) is 0 Å². The highest BCUT2D eigenvalue weighted by atomic mass is 16.1. The standard InChI is InChI=1S/C11H21NO/c1-7-10(3,4)11(5,6)8(2)9(12)13/h2,7H2,1,3-6H3,(H2,12,13). The van der Waals surface area contributed by atoms with Crippen molar-refractivity contribution in [2.24, 2.45) is 16.6 Å². The molecule has 0 aromatic carbocycles. The van der Waals surface area contributed by atoms with Crippen molar-refractivity contribution < 1.29 is 4.79 Å². The van der Waals surface area contributed by atoms with Gasteiger partial charge in [0, 0.05) is 5.57 Å². The predicted octanol–water partition coefficient (Wildman–Crippen LogP) is 2.49. The lowest BCUT2D eigenvalue weighted by molar-refractivity contribution is -0.116. The highest BCUT2D eigenvalue weighted by Gasteiger charge is 2.39. The molecule has 0 radical (unpaired) electrons. The average molecular weight is 183 g/mol. The van der Waals surface area contributed by atoms with E-state index in [9.17, 15) is 4.79 Å². The second-order valence-electron chi connectivity index (χ2n) is 4.71. The van der Waals surface area contributed by atoms with Gasteiger partial charge in [0.2, 0.25) is 5.91 Å². The van der Waals surface area contributed by atoms with Gasteiger partial charge in [-0.3, -0.25) is 4.79 Å². The number of carbonyl (C=O) groups is 1. The molecule has 0 aliphatic rings. The van der Waals surface area contributed by atoms with E-state index in [2.05, 4.69) is 27.4 Å². The molecule has 0 saturated heterocycles. The molecule has 2 heteroatoms. The zero-order valence-electron chi connectivity index (χ0n) is 9.40. The monoisotopic (exact) mass is 183 g/mol. The minimum absolute atomic E-state index is 0.0408. The molecule has 0 saturated carbocycles. The zero-order chi connectivity index (χ0) is 10.9. The Bertz CT molecular complexity index is 226. The van der Waals surface area contributed by atoms with Crippen LogP contribution in [0, 0.1) is 10.8 Å². The summed E-state index contributed by atoms with van der Waals surface area (Å²) in [5.74, 6) is -0.397. The number of hydrogen-bond donors (Lipinski definition) is 1. The van der Waals surface area contributed by atoms with Crippen LogP contribution in [0.2, 0.25) is 0 Å². The molecule has 0 aliphatic carbocycles. The van der Waals surface area contributed by atoms with E-state index in [1.54, 1.807) is 0 Å². The van der Waals surface area contributed by atoms with Crippen LogP contribution in [-0.4, -0.2) is 5.91 Å². The lowest BCUT2D eigenvalue weighted by Gasteiger charge is -2.41. The van der Waals surface area contributed by atoms with Crippen molar-refractivity contribution in [3.63, 3.8) is 0 Å². The Morgan fingerprint density at radius 2 is 1.69 bits per heavy atom. The topological polar surface area (TPSA) is 43.1 Å².